The largest absolute Gasteiger partial charge is 0.311 e. The Bertz CT molecular complexity index is 1840. The third-order valence-electron chi connectivity index (χ3n) is 7.02. The predicted molar refractivity (Wildman–Crippen MR) is 147 cm³/mol. The number of aromatic nitrogens is 2. The second kappa shape index (κ2) is 7.75. The fraction of sp³-hybridized carbons (Fsp3) is 0.0303. The Morgan fingerprint density at radius 1 is 0.514 bits per heavy atom. The molecule has 0 fully saturated rings. The van der Waals surface area contributed by atoms with Gasteiger partial charge in [-0.1, -0.05) is 97.1 Å². The lowest BCUT2D eigenvalue weighted by Crippen LogP contribution is -1.98. The van der Waals surface area contributed by atoms with Gasteiger partial charge in [0.25, 0.3) is 0 Å². The van der Waals surface area contributed by atoms with Crippen molar-refractivity contribution in [2.75, 3.05) is 0 Å². The average molecular weight is 449 g/mol. The average Bonchev–Trinajstić information content (AvgIpc) is 3.43. The standard InChI is InChI=1S/C33H24N2/c1-23-12-10-21-30-31-28-19-8-9-20-29(28)35(33(31)32(34(23)30)25-15-6-3-7-16-25)27-18-11-17-26(22-27)24-13-4-2-5-14-24/h2-22H,1H3. The van der Waals surface area contributed by atoms with E-state index in [4.69, 9.17) is 0 Å². The van der Waals surface area contributed by atoms with Crippen LogP contribution in [-0.4, -0.2) is 8.97 Å². The molecule has 7 aromatic rings. The van der Waals surface area contributed by atoms with Gasteiger partial charge in [-0.05, 0) is 48.4 Å². The number of hydrogen-bond donors (Lipinski definition) is 0. The topological polar surface area (TPSA) is 9.34 Å². The molecule has 0 atom stereocenters. The van der Waals surface area contributed by atoms with Crippen LogP contribution in [0.15, 0.2) is 127 Å². The zero-order valence-corrected chi connectivity index (χ0v) is 19.5. The molecule has 0 amide bonds. The maximum atomic E-state index is 2.45. The second-order valence-electron chi connectivity index (χ2n) is 9.09. The molecule has 0 aliphatic heterocycles. The summed E-state index contributed by atoms with van der Waals surface area (Å²) in [6.45, 7) is 2.20. The van der Waals surface area contributed by atoms with Crippen molar-refractivity contribution in [2.24, 2.45) is 0 Å². The molecule has 0 aliphatic rings. The van der Waals surface area contributed by atoms with Crippen LogP contribution in [0.25, 0.3) is 55.4 Å². The smallest absolute Gasteiger partial charge is 0.0809 e. The van der Waals surface area contributed by atoms with Gasteiger partial charge in [0.15, 0.2) is 0 Å². The van der Waals surface area contributed by atoms with Crippen molar-refractivity contribution in [3.63, 3.8) is 0 Å². The molecule has 0 unspecified atom stereocenters. The summed E-state index contributed by atoms with van der Waals surface area (Å²) in [5.74, 6) is 0. The van der Waals surface area contributed by atoms with Crippen LogP contribution in [0.2, 0.25) is 0 Å². The Labute approximate surface area is 204 Å². The van der Waals surface area contributed by atoms with Gasteiger partial charge in [0.1, 0.15) is 0 Å². The van der Waals surface area contributed by atoms with E-state index in [1.54, 1.807) is 0 Å². The van der Waals surface area contributed by atoms with Gasteiger partial charge < -0.3 is 8.97 Å². The van der Waals surface area contributed by atoms with E-state index in [9.17, 15) is 0 Å². The summed E-state index contributed by atoms with van der Waals surface area (Å²) in [4.78, 5) is 0. The lowest BCUT2D eigenvalue weighted by atomic mass is 10.1. The molecule has 7 rings (SSSR count). The van der Waals surface area contributed by atoms with Crippen LogP contribution in [0.3, 0.4) is 0 Å². The Morgan fingerprint density at radius 2 is 1.14 bits per heavy atom. The van der Waals surface area contributed by atoms with Crippen molar-refractivity contribution >= 4 is 27.3 Å². The Balaban J connectivity index is 1.67. The van der Waals surface area contributed by atoms with E-state index < -0.39 is 0 Å². The molecule has 0 aliphatic carbocycles. The summed E-state index contributed by atoms with van der Waals surface area (Å²) in [7, 11) is 0. The molecule has 2 heteroatoms. The SMILES string of the molecule is Cc1cccc2c3c4ccccc4n(-c4cccc(-c5ccccc5)c4)c3c(-c3ccccc3)n12. The zero-order chi connectivity index (χ0) is 23.4. The number of aryl methyl sites for hydroxylation is 1. The van der Waals surface area contributed by atoms with Gasteiger partial charge in [-0.3, -0.25) is 0 Å². The monoisotopic (exact) mass is 448 g/mol. The molecule has 0 N–H and O–H groups in total. The summed E-state index contributed by atoms with van der Waals surface area (Å²) < 4.78 is 4.87. The lowest BCUT2D eigenvalue weighted by Gasteiger charge is -2.13. The molecule has 0 bridgehead atoms. The van der Waals surface area contributed by atoms with Gasteiger partial charge in [0.2, 0.25) is 0 Å². The fourth-order valence-electron chi connectivity index (χ4n) is 5.52. The molecular formula is C33H24N2. The van der Waals surface area contributed by atoms with Gasteiger partial charge in [-0.15, -0.1) is 0 Å². The summed E-state index contributed by atoms with van der Waals surface area (Å²) in [5, 5.41) is 2.58. The zero-order valence-electron chi connectivity index (χ0n) is 19.5. The van der Waals surface area contributed by atoms with Crippen LogP contribution < -0.4 is 0 Å². The quantitative estimate of drug-likeness (QED) is 0.256. The first kappa shape index (κ1) is 19.9. The molecule has 0 spiro atoms. The number of para-hydroxylation sites is 1. The van der Waals surface area contributed by atoms with Crippen molar-refractivity contribution in [1.29, 1.82) is 0 Å². The minimum Gasteiger partial charge on any atom is -0.311 e. The van der Waals surface area contributed by atoms with Crippen molar-refractivity contribution < 1.29 is 0 Å². The maximum Gasteiger partial charge on any atom is 0.0809 e. The van der Waals surface area contributed by atoms with Crippen molar-refractivity contribution in [2.45, 2.75) is 6.92 Å². The lowest BCUT2D eigenvalue weighted by molar-refractivity contribution is 1.10. The Hall–Kier alpha value is -4.56. The van der Waals surface area contributed by atoms with Crippen LogP contribution in [0, 0.1) is 6.92 Å². The molecular weight excluding hydrogens is 424 g/mol. The summed E-state index contributed by atoms with van der Waals surface area (Å²) in [6, 6.07) is 45.7. The highest BCUT2D eigenvalue weighted by atomic mass is 15.0. The van der Waals surface area contributed by atoms with E-state index in [-0.39, 0.29) is 0 Å². The van der Waals surface area contributed by atoms with E-state index in [0.29, 0.717) is 0 Å². The van der Waals surface area contributed by atoms with Gasteiger partial charge in [-0.25, -0.2) is 0 Å². The van der Waals surface area contributed by atoms with Gasteiger partial charge in [0, 0.05) is 27.7 Å². The minimum absolute atomic E-state index is 1.17. The number of rotatable bonds is 3. The summed E-state index contributed by atoms with van der Waals surface area (Å²) >= 11 is 0. The summed E-state index contributed by atoms with van der Waals surface area (Å²) in [6.07, 6.45) is 0. The molecule has 35 heavy (non-hydrogen) atoms. The third-order valence-corrected chi connectivity index (χ3v) is 7.02. The molecule has 0 saturated carbocycles. The van der Waals surface area contributed by atoms with Gasteiger partial charge in [-0.2, -0.15) is 0 Å². The maximum absolute atomic E-state index is 2.45. The first-order valence-electron chi connectivity index (χ1n) is 12.1. The van der Waals surface area contributed by atoms with E-state index >= 15 is 0 Å². The fourth-order valence-corrected chi connectivity index (χ4v) is 5.52. The van der Waals surface area contributed by atoms with Crippen LogP contribution in [-0.2, 0) is 0 Å². The molecule has 166 valence electrons. The number of hydrogen-bond acceptors (Lipinski definition) is 0. The molecule has 3 aromatic heterocycles. The first-order chi connectivity index (χ1) is 17.3. The Kier molecular flexibility index (Phi) is 4.40. The molecule has 2 nitrogen and oxygen atoms in total. The van der Waals surface area contributed by atoms with Gasteiger partial charge in [0.05, 0.1) is 22.2 Å². The van der Waals surface area contributed by atoms with E-state index in [1.165, 1.54) is 61.1 Å². The highest BCUT2D eigenvalue weighted by Crippen LogP contribution is 2.43. The van der Waals surface area contributed by atoms with E-state index in [1.807, 2.05) is 0 Å². The first-order valence-corrected chi connectivity index (χ1v) is 12.1. The van der Waals surface area contributed by atoms with E-state index in [2.05, 4.69) is 143 Å². The molecule has 4 aromatic carbocycles. The molecule has 3 heterocycles. The van der Waals surface area contributed by atoms with Crippen LogP contribution in [0.4, 0.5) is 0 Å². The highest BCUT2D eigenvalue weighted by Gasteiger charge is 2.23. The van der Waals surface area contributed by atoms with Crippen molar-refractivity contribution in [1.82, 2.24) is 8.97 Å². The van der Waals surface area contributed by atoms with Crippen LogP contribution in [0.5, 0.6) is 0 Å². The number of pyridine rings is 1. The number of benzene rings is 4. The third kappa shape index (κ3) is 2.97. The van der Waals surface area contributed by atoms with Crippen LogP contribution >= 0.6 is 0 Å². The molecule has 0 saturated heterocycles. The highest BCUT2D eigenvalue weighted by molar-refractivity contribution is 6.21. The second-order valence-corrected chi connectivity index (χ2v) is 9.09. The van der Waals surface area contributed by atoms with Gasteiger partial charge >= 0.3 is 0 Å². The summed E-state index contributed by atoms with van der Waals surface area (Å²) in [5.41, 5.74) is 11.0. The number of nitrogens with zero attached hydrogens (tertiary/aromatic N) is 2. The van der Waals surface area contributed by atoms with E-state index in [0.717, 1.165) is 0 Å². The number of fused-ring (bicyclic) bond motifs is 5. The molecule has 0 radical (unpaired) electrons. The van der Waals surface area contributed by atoms with Crippen molar-refractivity contribution in [3.05, 3.63) is 133 Å². The van der Waals surface area contributed by atoms with Crippen LogP contribution in [0.1, 0.15) is 5.69 Å². The van der Waals surface area contributed by atoms with Crippen molar-refractivity contribution in [3.8, 4) is 28.1 Å². The Morgan fingerprint density at radius 3 is 1.94 bits per heavy atom. The predicted octanol–water partition coefficient (Wildman–Crippen LogP) is 8.68. The minimum atomic E-state index is 1.17. The normalized spacial score (nSPS) is 11.6.